The van der Waals surface area contributed by atoms with Crippen molar-refractivity contribution in [2.45, 2.75) is 45.2 Å². The van der Waals surface area contributed by atoms with Gasteiger partial charge < -0.3 is 15.5 Å². The van der Waals surface area contributed by atoms with Crippen LogP contribution >= 0.6 is 35.6 Å². The second-order valence-electron chi connectivity index (χ2n) is 8.01. The van der Waals surface area contributed by atoms with Crippen molar-refractivity contribution in [2.75, 3.05) is 39.3 Å². The van der Waals surface area contributed by atoms with Gasteiger partial charge in [0.15, 0.2) is 5.96 Å². The molecule has 2 aliphatic rings. The monoisotopic (exact) mass is 551 g/mol. The highest BCUT2D eigenvalue weighted by Gasteiger charge is 2.42. The van der Waals surface area contributed by atoms with Crippen molar-refractivity contribution in [3.05, 3.63) is 34.6 Å². The van der Waals surface area contributed by atoms with E-state index in [-0.39, 0.29) is 53.7 Å². The number of benzene rings is 1. The molecule has 1 aromatic rings. The summed E-state index contributed by atoms with van der Waals surface area (Å²) in [6, 6.07) is 5.14. The highest BCUT2D eigenvalue weighted by molar-refractivity contribution is 14.0. The van der Waals surface area contributed by atoms with Gasteiger partial charge in [0.25, 0.3) is 0 Å². The number of carbonyl (C=O) groups excluding carboxylic acids is 1. The third-order valence-electron chi connectivity index (χ3n) is 5.27. The molecule has 30 heavy (non-hydrogen) atoms. The first kappa shape index (κ1) is 25.1. The third-order valence-corrected chi connectivity index (χ3v) is 5.60. The quantitative estimate of drug-likeness (QED) is 0.324. The Morgan fingerprint density at radius 3 is 2.60 bits per heavy atom. The largest absolute Gasteiger partial charge is 0.353 e. The van der Waals surface area contributed by atoms with E-state index in [0.717, 1.165) is 38.6 Å². The summed E-state index contributed by atoms with van der Waals surface area (Å²) in [7, 11) is 0. The number of nitrogens with zero attached hydrogens (tertiary/aromatic N) is 3. The summed E-state index contributed by atoms with van der Waals surface area (Å²) in [6.07, 6.45) is 0.846. The Morgan fingerprint density at radius 1 is 1.30 bits per heavy atom. The Hall–Kier alpha value is -1.13. The van der Waals surface area contributed by atoms with Gasteiger partial charge in [-0.25, -0.2) is 4.39 Å². The van der Waals surface area contributed by atoms with Gasteiger partial charge in [0.05, 0.1) is 6.54 Å². The molecular formula is C21H32ClFIN5O. The van der Waals surface area contributed by atoms with E-state index in [4.69, 9.17) is 11.6 Å². The summed E-state index contributed by atoms with van der Waals surface area (Å²) in [4.78, 5) is 21.0. The molecule has 9 heteroatoms. The smallest absolute Gasteiger partial charge is 0.234 e. The van der Waals surface area contributed by atoms with Crippen LogP contribution in [0.4, 0.5) is 4.39 Å². The van der Waals surface area contributed by atoms with Gasteiger partial charge in [-0.2, -0.15) is 0 Å². The molecule has 3 rings (SSSR count). The van der Waals surface area contributed by atoms with Gasteiger partial charge in [-0.05, 0) is 39.3 Å². The summed E-state index contributed by atoms with van der Waals surface area (Å²) >= 11 is 6.22. The first-order valence-corrected chi connectivity index (χ1v) is 10.8. The second kappa shape index (κ2) is 11.5. The average molecular weight is 552 g/mol. The number of rotatable bonds is 6. The Kier molecular flexibility index (Phi) is 9.62. The number of guanidine groups is 1. The van der Waals surface area contributed by atoms with E-state index in [2.05, 4.69) is 25.4 Å². The van der Waals surface area contributed by atoms with Gasteiger partial charge >= 0.3 is 0 Å². The van der Waals surface area contributed by atoms with Crippen LogP contribution in [0.15, 0.2) is 23.2 Å². The summed E-state index contributed by atoms with van der Waals surface area (Å²) in [6.45, 7) is 10.3. The zero-order valence-electron chi connectivity index (χ0n) is 17.8. The van der Waals surface area contributed by atoms with Crippen LogP contribution in [0.3, 0.4) is 0 Å². The molecule has 0 radical (unpaired) electrons. The molecule has 2 unspecified atom stereocenters. The van der Waals surface area contributed by atoms with Gasteiger partial charge in [0, 0.05) is 61.3 Å². The van der Waals surface area contributed by atoms with E-state index in [0.29, 0.717) is 23.7 Å². The van der Waals surface area contributed by atoms with Crippen molar-refractivity contribution >= 4 is 47.4 Å². The lowest BCUT2D eigenvalue weighted by Crippen LogP contribution is -2.54. The number of halogens is 3. The number of hydrogen-bond acceptors (Lipinski definition) is 3. The fraction of sp³-hybridized carbons (Fsp3) is 0.619. The van der Waals surface area contributed by atoms with Crippen LogP contribution in [-0.4, -0.2) is 73.0 Å². The minimum Gasteiger partial charge on any atom is -0.353 e. The van der Waals surface area contributed by atoms with Crippen LogP contribution in [0.25, 0.3) is 0 Å². The molecule has 2 N–H and O–H groups in total. The van der Waals surface area contributed by atoms with Gasteiger partial charge in [0.2, 0.25) is 5.91 Å². The number of aliphatic imine (C=N–C) groups is 1. The van der Waals surface area contributed by atoms with Crippen molar-refractivity contribution < 1.29 is 9.18 Å². The molecule has 1 aromatic carbocycles. The van der Waals surface area contributed by atoms with Gasteiger partial charge in [-0.15, -0.1) is 24.0 Å². The molecule has 168 valence electrons. The number of amides is 1. The second-order valence-corrected chi connectivity index (χ2v) is 8.42. The van der Waals surface area contributed by atoms with E-state index >= 15 is 0 Å². The number of piperazine rings is 1. The Morgan fingerprint density at radius 2 is 2.00 bits per heavy atom. The molecule has 1 heterocycles. The topological polar surface area (TPSA) is 60.0 Å². The SMILES string of the molecule is CCN=C(NC1CC1c1c(F)cccc1Cl)N1CCN(CC(=O)NC(C)C)CC1.I. The summed E-state index contributed by atoms with van der Waals surface area (Å²) in [5.74, 6) is 0.760. The van der Waals surface area contributed by atoms with E-state index in [9.17, 15) is 9.18 Å². The highest BCUT2D eigenvalue weighted by atomic mass is 127. The van der Waals surface area contributed by atoms with Gasteiger partial charge in [-0.1, -0.05) is 17.7 Å². The fourth-order valence-electron chi connectivity index (χ4n) is 3.78. The predicted octanol–water partition coefficient (Wildman–Crippen LogP) is 3.06. The van der Waals surface area contributed by atoms with Crippen molar-refractivity contribution in [1.82, 2.24) is 20.4 Å². The standard InChI is InChI=1S/C21H31ClFN5O.HI/c1-4-24-21(26-18-12-15(18)20-16(22)6-5-7-17(20)23)28-10-8-27(9-11-28)13-19(29)25-14(2)3;/h5-7,14-15,18H,4,8-13H2,1-3H3,(H,24,26)(H,25,29);1H. The van der Waals surface area contributed by atoms with Crippen LogP contribution < -0.4 is 10.6 Å². The van der Waals surface area contributed by atoms with E-state index in [1.165, 1.54) is 6.07 Å². The first-order valence-electron chi connectivity index (χ1n) is 10.4. The van der Waals surface area contributed by atoms with Crippen LogP contribution in [-0.2, 0) is 4.79 Å². The normalized spacial score (nSPS) is 21.9. The van der Waals surface area contributed by atoms with Crippen molar-refractivity contribution in [1.29, 1.82) is 0 Å². The van der Waals surface area contributed by atoms with E-state index in [1.807, 2.05) is 20.8 Å². The fourth-order valence-corrected chi connectivity index (χ4v) is 4.08. The maximum absolute atomic E-state index is 14.2. The lowest BCUT2D eigenvalue weighted by molar-refractivity contribution is -0.123. The number of nitrogens with one attached hydrogen (secondary N) is 2. The zero-order valence-corrected chi connectivity index (χ0v) is 20.9. The Bertz CT molecular complexity index is 735. The van der Waals surface area contributed by atoms with E-state index < -0.39 is 0 Å². The molecule has 0 bridgehead atoms. The first-order chi connectivity index (χ1) is 13.9. The summed E-state index contributed by atoms with van der Waals surface area (Å²) < 4.78 is 14.2. The Labute approximate surface area is 200 Å². The molecule has 1 aliphatic carbocycles. The minimum atomic E-state index is -0.242. The van der Waals surface area contributed by atoms with Crippen molar-refractivity contribution in [2.24, 2.45) is 4.99 Å². The van der Waals surface area contributed by atoms with Gasteiger partial charge in [-0.3, -0.25) is 14.7 Å². The van der Waals surface area contributed by atoms with Crippen LogP contribution in [0.2, 0.25) is 5.02 Å². The molecular weight excluding hydrogens is 520 g/mol. The molecule has 2 atom stereocenters. The maximum Gasteiger partial charge on any atom is 0.234 e. The zero-order chi connectivity index (χ0) is 21.0. The molecule has 1 amide bonds. The molecule has 1 aliphatic heterocycles. The molecule has 1 saturated carbocycles. The summed E-state index contributed by atoms with van der Waals surface area (Å²) in [5.41, 5.74) is 0.600. The van der Waals surface area contributed by atoms with Crippen LogP contribution in [0.1, 0.15) is 38.7 Å². The molecule has 6 nitrogen and oxygen atoms in total. The molecule has 0 aromatic heterocycles. The summed E-state index contributed by atoms with van der Waals surface area (Å²) in [5, 5.41) is 6.92. The number of hydrogen-bond donors (Lipinski definition) is 2. The van der Waals surface area contributed by atoms with Crippen LogP contribution in [0, 0.1) is 5.82 Å². The predicted molar refractivity (Wildman–Crippen MR) is 130 cm³/mol. The maximum atomic E-state index is 14.2. The molecule has 1 saturated heterocycles. The van der Waals surface area contributed by atoms with E-state index in [1.54, 1.807) is 12.1 Å². The van der Waals surface area contributed by atoms with Gasteiger partial charge in [0.1, 0.15) is 5.82 Å². The molecule has 2 fully saturated rings. The highest BCUT2D eigenvalue weighted by Crippen LogP contribution is 2.45. The molecule has 0 spiro atoms. The van der Waals surface area contributed by atoms with Crippen LogP contribution in [0.5, 0.6) is 0 Å². The Balaban J connectivity index is 0.00000320. The third kappa shape index (κ3) is 6.68. The number of carbonyl (C=O) groups is 1. The van der Waals surface area contributed by atoms with Crippen molar-refractivity contribution in [3.63, 3.8) is 0 Å². The lowest BCUT2D eigenvalue weighted by atomic mass is 10.1. The minimum absolute atomic E-state index is 0. The van der Waals surface area contributed by atoms with Crippen molar-refractivity contribution in [3.8, 4) is 0 Å². The lowest BCUT2D eigenvalue weighted by Gasteiger charge is -2.36. The average Bonchev–Trinajstić information content (AvgIpc) is 3.40.